The Morgan fingerprint density at radius 1 is 1.38 bits per heavy atom. The highest BCUT2D eigenvalue weighted by molar-refractivity contribution is 5.35. The van der Waals surface area contributed by atoms with E-state index in [-0.39, 0.29) is 6.10 Å². The number of morpholine rings is 1. The summed E-state index contributed by atoms with van der Waals surface area (Å²) in [6.45, 7) is 9.30. The molecule has 2 unspecified atom stereocenters. The van der Waals surface area contributed by atoms with Crippen LogP contribution in [0.3, 0.4) is 0 Å². The first-order chi connectivity index (χ1) is 10.3. The second kappa shape index (κ2) is 8.37. The van der Waals surface area contributed by atoms with E-state index in [1.165, 1.54) is 5.56 Å². The first kappa shape index (κ1) is 16.3. The van der Waals surface area contributed by atoms with Crippen molar-refractivity contribution in [1.82, 2.24) is 10.2 Å². The molecule has 4 nitrogen and oxygen atoms in total. The van der Waals surface area contributed by atoms with E-state index in [4.69, 9.17) is 9.47 Å². The average molecular weight is 292 g/mol. The highest BCUT2D eigenvalue weighted by atomic mass is 16.5. The van der Waals surface area contributed by atoms with Gasteiger partial charge in [-0.3, -0.25) is 4.90 Å². The molecule has 0 aromatic heterocycles. The molecule has 1 aliphatic heterocycles. The average Bonchev–Trinajstić information content (AvgIpc) is 2.56. The summed E-state index contributed by atoms with van der Waals surface area (Å²) in [5, 5.41) is 3.64. The third-order valence-corrected chi connectivity index (χ3v) is 4.18. The number of rotatable bonds is 7. The third kappa shape index (κ3) is 4.43. The van der Waals surface area contributed by atoms with Gasteiger partial charge < -0.3 is 14.8 Å². The van der Waals surface area contributed by atoms with E-state index in [0.717, 1.165) is 45.0 Å². The second-order valence-corrected chi connectivity index (χ2v) is 5.50. The van der Waals surface area contributed by atoms with Crippen molar-refractivity contribution in [3.63, 3.8) is 0 Å². The highest BCUT2D eigenvalue weighted by Gasteiger charge is 2.21. The van der Waals surface area contributed by atoms with E-state index in [2.05, 4.69) is 36.2 Å². The zero-order valence-electron chi connectivity index (χ0n) is 13.5. The summed E-state index contributed by atoms with van der Waals surface area (Å²) in [7, 11) is 1.73. The third-order valence-electron chi connectivity index (χ3n) is 4.18. The normalized spacial score (nSPS) is 21.2. The zero-order chi connectivity index (χ0) is 15.1. The van der Waals surface area contributed by atoms with Crippen LogP contribution in [0.15, 0.2) is 24.3 Å². The molecule has 1 heterocycles. The van der Waals surface area contributed by atoms with Crippen LogP contribution in [-0.4, -0.2) is 50.9 Å². The summed E-state index contributed by atoms with van der Waals surface area (Å²) in [5.41, 5.74) is 1.23. The van der Waals surface area contributed by atoms with Gasteiger partial charge >= 0.3 is 0 Å². The van der Waals surface area contributed by atoms with E-state index in [0.29, 0.717) is 6.04 Å². The van der Waals surface area contributed by atoms with E-state index >= 15 is 0 Å². The molecule has 0 bridgehead atoms. The number of hydrogen-bond donors (Lipinski definition) is 1. The molecule has 21 heavy (non-hydrogen) atoms. The van der Waals surface area contributed by atoms with E-state index < -0.39 is 0 Å². The van der Waals surface area contributed by atoms with Crippen LogP contribution in [0.4, 0.5) is 0 Å². The number of nitrogens with one attached hydrogen (secondary N) is 1. The van der Waals surface area contributed by atoms with Gasteiger partial charge in [-0.1, -0.05) is 32.0 Å². The van der Waals surface area contributed by atoms with Gasteiger partial charge in [-0.05, 0) is 19.0 Å². The van der Waals surface area contributed by atoms with Gasteiger partial charge in [0.2, 0.25) is 0 Å². The molecule has 1 aliphatic rings. The molecule has 0 amide bonds. The maximum absolute atomic E-state index is 5.86. The Balaban J connectivity index is 1.93. The predicted octanol–water partition coefficient (Wildman–Crippen LogP) is 2.46. The van der Waals surface area contributed by atoms with Crippen LogP contribution in [0.5, 0.6) is 5.75 Å². The fourth-order valence-corrected chi connectivity index (χ4v) is 2.89. The summed E-state index contributed by atoms with van der Waals surface area (Å²) >= 11 is 0. The van der Waals surface area contributed by atoms with Gasteiger partial charge in [0.05, 0.1) is 19.8 Å². The van der Waals surface area contributed by atoms with Gasteiger partial charge in [0.25, 0.3) is 0 Å². The number of benzene rings is 1. The lowest BCUT2D eigenvalue weighted by molar-refractivity contribution is -0.0264. The summed E-state index contributed by atoms with van der Waals surface area (Å²) in [4.78, 5) is 2.44. The number of para-hydroxylation sites is 1. The van der Waals surface area contributed by atoms with Gasteiger partial charge in [-0.15, -0.1) is 0 Å². The van der Waals surface area contributed by atoms with Crippen LogP contribution in [0.25, 0.3) is 0 Å². The molecule has 0 aliphatic carbocycles. The number of methoxy groups -OCH3 is 1. The number of likely N-dealkylation sites (N-methyl/N-ethyl adjacent to an activating group) is 1. The first-order valence-corrected chi connectivity index (χ1v) is 7.98. The van der Waals surface area contributed by atoms with Crippen molar-refractivity contribution < 1.29 is 9.47 Å². The molecule has 2 atom stereocenters. The zero-order valence-corrected chi connectivity index (χ0v) is 13.5. The molecule has 0 spiro atoms. The van der Waals surface area contributed by atoms with E-state index in [1.807, 2.05) is 12.1 Å². The SMILES string of the molecule is CCC(NCC1CN(CC)CCO1)c1ccccc1OC. The lowest BCUT2D eigenvalue weighted by Crippen LogP contribution is -2.46. The second-order valence-electron chi connectivity index (χ2n) is 5.50. The van der Waals surface area contributed by atoms with Crippen molar-refractivity contribution in [2.24, 2.45) is 0 Å². The highest BCUT2D eigenvalue weighted by Crippen LogP contribution is 2.26. The minimum absolute atomic E-state index is 0.280. The molecule has 118 valence electrons. The molecule has 2 rings (SSSR count). The number of hydrogen-bond acceptors (Lipinski definition) is 4. The fraction of sp³-hybridized carbons (Fsp3) is 0.647. The van der Waals surface area contributed by atoms with Gasteiger partial charge in [-0.25, -0.2) is 0 Å². The molecular formula is C17H28N2O2. The minimum atomic E-state index is 0.280. The molecule has 1 N–H and O–H groups in total. The summed E-state index contributed by atoms with van der Waals surface area (Å²) in [5.74, 6) is 0.955. The van der Waals surface area contributed by atoms with Crippen molar-refractivity contribution in [2.75, 3.05) is 39.9 Å². The lowest BCUT2D eigenvalue weighted by Gasteiger charge is -2.33. The van der Waals surface area contributed by atoms with Crippen molar-refractivity contribution in [1.29, 1.82) is 0 Å². The Morgan fingerprint density at radius 2 is 2.19 bits per heavy atom. The molecule has 1 fully saturated rings. The van der Waals surface area contributed by atoms with Gasteiger partial charge in [0.1, 0.15) is 5.75 Å². The molecular weight excluding hydrogens is 264 g/mol. The Morgan fingerprint density at radius 3 is 2.90 bits per heavy atom. The lowest BCUT2D eigenvalue weighted by atomic mass is 10.0. The first-order valence-electron chi connectivity index (χ1n) is 7.98. The van der Waals surface area contributed by atoms with Crippen molar-refractivity contribution in [3.8, 4) is 5.75 Å². The molecule has 0 saturated carbocycles. The maximum atomic E-state index is 5.86. The summed E-state index contributed by atoms with van der Waals surface area (Å²) in [6.07, 6.45) is 1.31. The summed E-state index contributed by atoms with van der Waals surface area (Å²) < 4.78 is 11.3. The molecule has 1 aromatic rings. The van der Waals surface area contributed by atoms with Crippen molar-refractivity contribution in [3.05, 3.63) is 29.8 Å². The topological polar surface area (TPSA) is 33.7 Å². The molecule has 1 saturated heterocycles. The molecule has 0 radical (unpaired) electrons. The van der Waals surface area contributed by atoms with Gasteiger partial charge in [-0.2, -0.15) is 0 Å². The quantitative estimate of drug-likeness (QED) is 0.837. The van der Waals surface area contributed by atoms with Crippen LogP contribution >= 0.6 is 0 Å². The Hall–Kier alpha value is -1.10. The van der Waals surface area contributed by atoms with Crippen LogP contribution in [-0.2, 0) is 4.74 Å². The molecule has 1 aromatic carbocycles. The molecule has 4 heteroatoms. The smallest absolute Gasteiger partial charge is 0.123 e. The van der Waals surface area contributed by atoms with Crippen LogP contribution < -0.4 is 10.1 Å². The Labute approximate surface area is 128 Å². The van der Waals surface area contributed by atoms with Crippen LogP contribution in [0.1, 0.15) is 31.9 Å². The fourth-order valence-electron chi connectivity index (χ4n) is 2.89. The van der Waals surface area contributed by atoms with E-state index in [9.17, 15) is 0 Å². The predicted molar refractivity (Wildman–Crippen MR) is 85.9 cm³/mol. The largest absolute Gasteiger partial charge is 0.496 e. The van der Waals surface area contributed by atoms with Crippen molar-refractivity contribution >= 4 is 0 Å². The van der Waals surface area contributed by atoms with Crippen LogP contribution in [0.2, 0.25) is 0 Å². The van der Waals surface area contributed by atoms with Gasteiger partial charge in [0, 0.05) is 31.2 Å². The van der Waals surface area contributed by atoms with E-state index in [1.54, 1.807) is 7.11 Å². The standard InChI is InChI=1S/C17H28N2O2/c1-4-16(15-8-6-7-9-17(15)20-3)18-12-14-13-19(5-2)10-11-21-14/h6-9,14,16,18H,4-5,10-13H2,1-3H3. The van der Waals surface area contributed by atoms with Gasteiger partial charge in [0.15, 0.2) is 0 Å². The minimum Gasteiger partial charge on any atom is -0.496 e. The summed E-state index contributed by atoms with van der Waals surface area (Å²) in [6, 6.07) is 8.55. The Bertz CT molecular complexity index is 425. The number of nitrogens with zero attached hydrogens (tertiary/aromatic N) is 1. The van der Waals surface area contributed by atoms with Crippen molar-refractivity contribution in [2.45, 2.75) is 32.4 Å². The number of ether oxygens (including phenoxy) is 2. The maximum Gasteiger partial charge on any atom is 0.123 e. The Kier molecular flexibility index (Phi) is 6.49. The monoisotopic (exact) mass is 292 g/mol. The van der Waals surface area contributed by atoms with Crippen LogP contribution in [0, 0.1) is 0 Å².